The molecule has 0 aliphatic heterocycles. The van der Waals surface area contributed by atoms with E-state index in [4.69, 9.17) is 0 Å². The molecule has 3 rings (SSSR count). The summed E-state index contributed by atoms with van der Waals surface area (Å²) in [5, 5.41) is 5.14. The van der Waals surface area contributed by atoms with E-state index in [9.17, 15) is 4.79 Å². The Hall–Kier alpha value is -2.21. The summed E-state index contributed by atoms with van der Waals surface area (Å²) in [5.41, 5.74) is 4.11. The van der Waals surface area contributed by atoms with Crippen molar-refractivity contribution in [2.24, 2.45) is 0 Å². The molecule has 3 aromatic rings. The minimum Gasteiger partial charge on any atom is -0.325 e. The van der Waals surface area contributed by atoms with E-state index in [1.165, 1.54) is 5.56 Å². The number of benzene rings is 2. The number of allylic oxidation sites excluding steroid dienone is 1. The third kappa shape index (κ3) is 3.90. The van der Waals surface area contributed by atoms with Gasteiger partial charge in [-0.15, -0.1) is 0 Å². The van der Waals surface area contributed by atoms with Crippen molar-refractivity contribution in [2.75, 3.05) is 5.32 Å². The Morgan fingerprint density at radius 3 is 2.84 bits per heavy atom. The molecule has 1 atom stereocenters. The van der Waals surface area contributed by atoms with Crippen molar-refractivity contribution in [3.8, 4) is 0 Å². The zero-order valence-electron chi connectivity index (χ0n) is 14.2. The minimum absolute atomic E-state index is 0.0228. The van der Waals surface area contributed by atoms with Gasteiger partial charge in [0.15, 0.2) is 0 Å². The van der Waals surface area contributed by atoms with Crippen LogP contribution in [-0.4, -0.2) is 10.9 Å². The third-order valence-electron chi connectivity index (χ3n) is 4.10. The van der Waals surface area contributed by atoms with Gasteiger partial charge in [-0.1, -0.05) is 59.0 Å². The van der Waals surface area contributed by atoms with E-state index in [2.05, 4.69) is 52.0 Å². The predicted octanol–water partition coefficient (Wildman–Crippen LogP) is 5.69. The highest BCUT2D eigenvalue weighted by atomic mass is 127. The van der Waals surface area contributed by atoms with E-state index in [-0.39, 0.29) is 9.83 Å². The number of nitrogens with zero attached hydrogens (tertiary/aromatic N) is 1. The lowest BCUT2D eigenvalue weighted by atomic mass is 9.98. The SMILES string of the molecule is C/C=C\c1c(C)cccc1[C@@H](I)C(=O)Nc1ccc2cnccc2c1. The molecule has 126 valence electrons. The number of alkyl halides is 1. The average Bonchev–Trinajstić information content (AvgIpc) is 2.63. The quantitative estimate of drug-likeness (QED) is 0.417. The molecule has 1 amide bonds. The van der Waals surface area contributed by atoms with Gasteiger partial charge in [0.2, 0.25) is 5.91 Å². The molecule has 2 aromatic carbocycles. The molecule has 3 nitrogen and oxygen atoms in total. The summed E-state index contributed by atoms with van der Waals surface area (Å²) in [5.74, 6) is -0.0228. The summed E-state index contributed by atoms with van der Waals surface area (Å²) in [6.07, 6.45) is 7.64. The van der Waals surface area contributed by atoms with Crippen LogP contribution >= 0.6 is 22.6 Å². The second-order valence-electron chi connectivity index (χ2n) is 5.87. The van der Waals surface area contributed by atoms with E-state index in [1.807, 2.05) is 55.6 Å². The largest absolute Gasteiger partial charge is 0.325 e. The van der Waals surface area contributed by atoms with Crippen molar-refractivity contribution in [1.29, 1.82) is 0 Å². The van der Waals surface area contributed by atoms with E-state index >= 15 is 0 Å². The van der Waals surface area contributed by atoms with Gasteiger partial charge in [0.05, 0.1) is 0 Å². The van der Waals surface area contributed by atoms with Crippen LogP contribution in [0.1, 0.15) is 27.5 Å². The van der Waals surface area contributed by atoms with Crippen LogP contribution in [0.4, 0.5) is 5.69 Å². The maximum absolute atomic E-state index is 12.8. The fourth-order valence-corrected chi connectivity index (χ4v) is 3.53. The zero-order chi connectivity index (χ0) is 17.8. The van der Waals surface area contributed by atoms with Crippen molar-refractivity contribution in [3.63, 3.8) is 0 Å². The number of hydrogen-bond donors (Lipinski definition) is 1. The van der Waals surface area contributed by atoms with Gasteiger partial charge in [0.1, 0.15) is 3.92 Å². The molecule has 0 bridgehead atoms. The number of nitrogens with one attached hydrogen (secondary N) is 1. The Morgan fingerprint density at radius 1 is 1.20 bits per heavy atom. The van der Waals surface area contributed by atoms with Crippen LogP contribution in [0, 0.1) is 6.92 Å². The van der Waals surface area contributed by atoms with Crippen molar-refractivity contribution in [1.82, 2.24) is 4.98 Å². The first kappa shape index (κ1) is 17.6. The molecule has 0 spiro atoms. The molecule has 0 aliphatic carbocycles. The number of pyridine rings is 1. The maximum atomic E-state index is 12.8. The molecule has 1 N–H and O–H groups in total. The molecule has 0 saturated heterocycles. The summed E-state index contributed by atoms with van der Waals surface area (Å²) in [7, 11) is 0. The van der Waals surface area contributed by atoms with E-state index in [1.54, 1.807) is 6.20 Å². The smallest absolute Gasteiger partial charge is 0.241 e. The lowest BCUT2D eigenvalue weighted by molar-refractivity contribution is -0.115. The summed E-state index contributed by atoms with van der Waals surface area (Å²) in [6, 6.07) is 13.9. The molecule has 0 fully saturated rings. The summed E-state index contributed by atoms with van der Waals surface area (Å²) in [6.45, 7) is 4.06. The van der Waals surface area contributed by atoms with Gasteiger partial charge in [0.25, 0.3) is 0 Å². The van der Waals surface area contributed by atoms with Crippen LogP contribution in [0.5, 0.6) is 0 Å². The van der Waals surface area contributed by atoms with E-state index in [0.717, 1.165) is 27.6 Å². The van der Waals surface area contributed by atoms with Crippen LogP contribution < -0.4 is 5.32 Å². The van der Waals surface area contributed by atoms with Crippen molar-refractivity contribution < 1.29 is 4.79 Å². The highest BCUT2D eigenvalue weighted by Crippen LogP contribution is 2.31. The van der Waals surface area contributed by atoms with Crippen LogP contribution in [0.25, 0.3) is 16.8 Å². The summed E-state index contributed by atoms with van der Waals surface area (Å²) >= 11 is 2.20. The molecule has 25 heavy (non-hydrogen) atoms. The monoisotopic (exact) mass is 442 g/mol. The molecular formula is C21H19IN2O. The predicted molar refractivity (Wildman–Crippen MR) is 113 cm³/mol. The highest BCUT2D eigenvalue weighted by Gasteiger charge is 2.20. The van der Waals surface area contributed by atoms with Gasteiger partial charge in [-0.05, 0) is 54.1 Å². The first-order chi connectivity index (χ1) is 12.1. The van der Waals surface area contributed by atoms with Crippen molar-refractivity contribution in [2.45, 2.75) is 17.8 Å². The number of aromatic nitrogens is 1. The zero-order valence-corrected chi connectivity index (χ0v) is 16.3. The van der Waals surface area contributed by atoms with Gasteiger partial charge >= 0.3 is 0 Å². The fourth-order valence-electron chi connectivity index (χ4n) is 2.83. The van der Waals surface area contributed by atoms with E-state index in [0.29, 0.717) is 0 Å². The first-order valence-corrected chi connectivity index (χ1v) is 9.35. The Morgan fingerprint density at radius 2 is 2.04 bits per heavy atom. The second-order valence-corrected chi connectivity index (χ2v) is 7.11. The molecule has 0 radical (unpaired) electrons. The Labute approximate surface area is 161 Å². The van der Waals surface area contributed by atoms with Crippen LogP contribution in [0.2, 0.25) is 0 Å². The first-order valence-electron chi connectivity index (χ1n) is 8.11. The summed E-state index contributed by atoms with van der Waals surface area (Å²) < 4.78 is -0.267. The van der Waals surface area contributed by atoms with E-state index < -0.39 is 0 Å². The number of aryl methyl sites for hydroxylation is 1. The van der Waals surface area contributed by atoms with Gasteiger partial charge in [-0.3, -0.25) is 9.78 Å². The average molecular weight is 442 g/mol. The Bertz CT molecular complexity index is 950. The number of rotatable bonds is 4. The molecule has 0 aliphatic rings. The number of fused-ring (bicyclic) bond motifs is 1. The number of carbonyl (C=O) groups excluding carboxylic acids is 1. The van der Waals surface area contributed by atoms with Crippen molar-refractivity contribution in [3.05, 3.63) is 77.6 Å². The summed E-state index contributed by atoms with van der Waals surface area (Å²) in [4.78, 5) is 16.9. The van der Waals surface area contributed by atoms with Crippen LogP contribution in [0.15, 0.2) is 60.9 Å². The topological polar surface area (TPSA) is 42.0 Å². The second kappa shape index (κ2) is 7.78. The molecule has 1 aromatic heterocycles. The Kier molecular flexibility index (Phi) is 5.48. The fraction of sp³-hybridized carbons (Fsp3) is 0.143. The van der Waals surface area contributed by atoms with Crippen LogP contribution in [-0.2, 0) is 4.79 Å². The number of hydrogen-bond acceptors (Lipinski definition) is 2. The van der Waals surface area contributed by atoms with Crippen molar-refractivity contribution >= 4 is 51.0 Å². The lowest BCUT2D eigenvalue weighted by Gasteiger charge is -2.16. The molecule has 0 unspecified atom stereocenters. The molecule has 4 heteroatoms. The third-order valence-corrected chi connectivity index (χ3v) is 5.34. The number of carbonyl (C=O) groups is 1. The number of amides is 1. The van der Waals surface area contributed by atoms with Crippen LogP contribution in [0.3, 0.4) is 0 Å². The maximum Gasteiger partial charge on any atom is 0.241 e. The minimum atomic E-state index is -0.267. The Balaban J connectivity index is 1.86. The molecule has 1 heterocycles. The van der Waals surface area contributed by atoms with Gasteiger partial charge < -0.3 is 5.32 Å². The molecular weight excluding hydrogens is 423 g/mol. The number of anilines is 1. The normalized spacial score (nSPS) is 12.4. The van der Waals surface area contributed by atoms with Gasteiger partial charge in [-0.25, -0.2) is 0 Å². The molecule has 0 saturated carbocycles. The van der Waals surface area contributed by atoms with Gasteiger partial charge in [0, 0.05) is 23.5 Å². The highest BCUT2D eigenvalue weighted by molar-refractivity contribution is 14.1. The lowest BCUT2D eigenvalue weighted by Crippen LogP contribution is -2.17. The number of halogens is 1. The standard InChI is InChI=1S/C21H19IN2O/c1-3-5-18-14(2)6-4-7-19(18)20(22)21(25)24-17-9-8-16-13-23-11-10-15(16)12-17/h3-13,20H,1-2H3,(H,24,25)/b5-3-/t20-/m1/s1. The van der Waals surface area contributed by atoms with Gasteiger partial charge in [-0.2, -0.15) is 0 Å².